The van der Waals surface area contributed by atoms with Crippen molar-refractivity contribution in [2.75, 3.05) is 5.32 Å². The Morgan fingerprint density at radius 1 is 1.07 bits per heavy atom. The Kier molecular flexibility index (Phi) is 4.51. The fourth-order valence-electron chi connectivity index (χ4n) is 2.90. The van der Waals surface area contributed by atoms with E-state index in [0.29, 0.717) is 16.6 Å². The molecule has 2 N–H and O–H groups in total. The van der Waals surface area contributed by atoms with Crippen LogP contribution in [0.15, 0.2) is 59.1 Å². The van der Waals surface area contributed by atoms with Gasteiger partial charge in [0.2, 0.25) is 0 Å². The maximum Gasteiger partial charge on any atom is 0.324 e. The Balaban J connectivity index is 1.81. The summed E-state index contributed by atoms with van der Waals surface area (Å²) in [5.41, 5.74) is 4.70. The molecular weight excluding hydrogens is 410 g/mol. The number of hydrogen-bond donors (Lipinski definition) is 2. The molecule has 0 aliphatic carbocycles. The number of rotatable bonds is 5. The highest BCUT2D eigenvalue weighted by Crippen LogP contribution is 2.32. The quantitative estimate of drug-likeness (QED) is 0.491. The first-order chi connectivity index (χ1) is 13.7. The number of aromatic nitrogens is 2. The average molecular weight is 428 g/mol. The number of pyridine rings is 1. The second-order valence-electron chi connectivity index (χ2n) is 7.02. The van der Waals surface area contributed by atoms with Crippen LogP contribution in [0.25, 0.3) is 21.1 Å². The van der Waals surface area contributed by atoms with E-state index >= 15 is 0 Å². The monoisotopic (exact) mass is 427 g/mol. The zero-order valence-electron chi connectivity index (χ0n) is 15.6. The highest BCUT2D eigenvalue weighted by atomic mass is 32.2. The third kappa shape index (κ3) is 3.22. The molecule has 0 fully saturated rings. The van der Waals surface area contributed by atoms with Crippen LogP contribution in [0.5, 0.6) is 0 Å². The molecule has 4 aromatic rings. The molecule has 0 saturated heterocycles. The van der Waals surface area contributed by atoms with Gasteiger partial charge in [-0.3, -0.25) is 9.78 Å². The lowest BCUT2D eigenvalue weighted by Crippen LogP contribution is -2.40. The highest BCUT2D eigenvalue weighted by molar-refractivity contribution is 7.93. The van der Waals surface area contributed by atoms with Crippen LogP contribution in [0.3, 0.4) is 0 Å². The van der Waals surface area contributed by atoms with Gasteiger partial charge >= 0.3 is 5.97 Å². The summed E-state index contributed by atoms with van der Waals surface area (Å²) in [4.78, 5) is 20.0. The summed E-state index contributed by atoms with van der Waals surface area (Å²) in [5.74, 6) is -1.40. The van der Waals surface area contributed by atoms with E-state index < -0.39 is 20.6 Å². The molecule has 148 valence electrons. The summed E-state index contributed by atoms with van der Waals surface area (Å²) >= 11 is 1.55. The molecule has 7 nitrogen and oxygen atoms in total. The molecule has 0 amide bonds. The van der Waals surface area contributed by atoms with Crippen LogP contribution in [-0.2, 0) is 14.6 Å². The Hall–Kier alpha value is -3.04. The molecule has 0 spiro atoms. The lowest BCUT2D eigenvalue weighted by atomic mass is 10.1. The number of nitrogens with one attached hydrogen (secondary N) is 1. The van der Waals surface area contributed by atoms with Crippen molar-refractivity contribution in [3.63, 3.8) is 0 Å². The van der Waals surface area contributed by atoms with Crippen LogP contribution in [0.2, 0.25) is 0 Å². The van der Waals surface area contributed by atoms with Crippen molar-refractivity contribution in [2.45, 2.75) is 23.5 Å². The number of carbonyl (C=O) groups is 1. The minimum Gasteiger partial charge on any atom is -0.480 e. The van der Waals surface area contributed by atoms with Crippen LogP contribution >= 0.6 is 11.3 Å². The van der Waals surface area contributed by atoms with Crippen LogP contribution in [-0.4, -0.2) is 34.2 Å². The molecule has 2 aromatic heterocycles. The molecule has 0 bridgehead atoms. The van der Waals surface area contributed by atoms with Crippen LogP contribution in [0.1, 0.15) is 13.8 Å². The van der Waals surface area contributed by atoms with Gasteiger partial charge in [0.15, 0.2) is 14.6 Å². The third-order valence-electron chi connectivity index (χ3n) is 4.82. The molecule has 0 atom stereocenters. The molecule has 9 heteroatoms. The first-order valence-corrected chi connectivity index (χ1v) is 11.0. The number of hydrogen-bond acceptors (Lipinski definition) is 7. The number of anilines is 2. The number of carboxylic acid groups (broad SMARTS) is 1. The summed E-state index contributed by atoms with van der Waals surface area (Å²) in [6.07, 6.45) is 1.63. The number of carboxylic acids is 1. The third-order valence-corrected chi connectivity index (χ3v) is 8.02. The molecule has 4 rings (SSSR count). The van der Waals surface area contributed by atoms with E-state index in [1.54, 1.807) is 35.2 Å². The Morgan fingerprint density at radius 3 is 2.62 bits per heavy atom. The minimum absolute atomic E-state index is 0.0663. The first kappa shape index (κ1) is 19.3. The Bertz CT molecular complexity index is 1360. The van der Waals surface area contributed by atoms with E-state index in [4.69, 9.17) is 0 Å². The molecule has 0 radical (unpaired) electrons. The zero-order valence-corrected chi connectivity index (χ0v) is 17.2. The van der Waals surface area contributed by atoms with Crippen LogP contribution in [0.4, 0.5) is 11.4 Å². The molecule has 2 heterocycles. The van der Waals surface area contributed by atoms with Crippen molar-refractivity contribution in [3.8, 4) is 0 Å². The van der Waals surface area contributed by atoms with Crippen molar-refractivity contribution in [1.29, 1.82) is 0 Å². The van der Waals surface area contributed by atoms with Gasteiger partial charge < -0.3 is 10.4 Å². The van der Waals surface area contributed by atoms with Gasteiger partial charge in [-0.1, -0.05) is 0 Å². The first-order valence-electron chi connectivity index (χ1n) is 8.67. The molecule has 0 aliphatic rings. The number of aliphatic carboxylic acids is 1. The lowest BCUT2D eigenvalue weighted by Gasteiger charge is -2.20. The van der Waals surface area contributed by atoms with Crippen molar-refractivity contribution < 1.29 is 18.3 Å². The predicted molar refractivity (Wildman–Crippen MR) is 114 cm³/mol. The molecular formula is C20H17N3O4S2. The van der Waals surface area contributed by atoms with Gasteiger partial charge in [-0.15, -0.1) is 11.3 Å². The molecule has 0 unspecified atom stereocenters. The van der Waals surface area contributed by atoms with Crippen LogP contribution in [0, 0.1) is 0 Å². The second kappa shape index (κ2) is 6.78. The summed E-state index contributed by atoms with van der Waals surface area (Å²) in [7, 11) is -4.10. The van der Waals surface area contributed by atoms with Gasteiger partial charge in [-0.2, -0.15) is 0 Å². The minimum atomic E-state index is -4.10. The normalized spacial score (nSPS) is 12.3. The van der Waals surface area contributed by atoms with Crippen molar-refractivity contribution in [2.24, 2.45) is 0 Å². The Labute approximate surface area is 171 Å². The average Bonchev–Trinajstić information content (AvgIpc) is 3.15. The summed E-state index contributed by atoms with van der Waals surface area (Å²) < 4.78 is 24.9. The molecule has 0 saturated carbocycles. The maximum atomic E-state index is 12.9. The molecule has 2 aromatic carbocycles. The lowest BCUT2D eigenvalue weighted by molar-refractivity contribution is -0.139. The molecule has 29 heavy (non-hydrogen) atoms. The van der Waals surface area contributed by atoms with E-state index in [1.807, 2.05) is 18.2 Å². The predicted octanol–water partition coefficient (Wildman–Crippen LogP) is 4.23. The summed E-state index contributed by atoms with van der Waals surface area (Å²) in [6, 6.07) is 12.0. The zero-order chi connectivity index (χ0) is 20.8. The van der Waals surface area contributed by atoms with Gasteiger partial charge in [0.1, 0.15) is 0 Å². The van der Waals surface area contributed by atoms with E-state index in [9.17, 15) is 18.3 Å². The largest absolute Gasteiger partial charge is 0.480 e. The van der Waals surface area contributed by atoms with Gasteiger partial charge in [-0.25, -0.2) is 13.4 Å². The van der Waals surface area contributed by atoms with Crippen molar-refractivity contribution in [1.82, 2.24) is 9.97 Å². The van der Waals surface area contributed by atoms with E-state index in [0.717, 1.165) is 15.9 Å². The SMILES string of the molecule is CC(C)(C(=O)O)S(=O)(=O)c1ccc2nccc(Nc3ccc4scnc4c3)c2c1. The number of benzene rings is 2. The summed E-state index contributed by atoms with van der Waals surface area (Å²) in [5, 5.41) is 13.2. The van der Waals surface area contributed by atoms with Crippen molar-refractivity contribution >= 4 is 59.6 Å². The van der Waals surface area contributed by atoms with Gasteiger partial charge in [0.25, 0.3) is 0 Å². The van der Waals surface area contributed by atoms with Crippen LogP contribution < -0.4 is 5.32 Å². The fraction of sp³-hybridized carbons (Fsp3) is 0.150. The highest BCUT2D eigenvalue weighted by Gasteiger charge is 2.43. The smallest absolute Gasteiger partial charge is 0.324 e. The second-order valence-corrected chi connectivity index (χ2v) is 10.4. The van der Waals surface area contributed by atoms with Gasteiger partial charge in [-0.05, 0) is 56.3 Å². The number of thiazole rings is 1. The standard InChI is InChI=1S/C20H17N3O4S2/c1-20(2,19(24)25)29(26,27)13-4-5-15-14(10-13)16(7-8-21-15)23-12-3-6-18-17(9-12)22-11-28-18/h3-11H,1-2H3,(H,21,23)(H,24,25). The number of nitrogens with zero attached hydrogens (tertiary/aromatic N) is 2. The van der Waals surface area contributed by atoms with E-state index in [1.165, 1.54) is 26.0 Å². The Morgan fingerprint density at radius 2 is 1.86 bits per heavy atom. The van der Waals surface area contributed by atoms with Gasteiger partial charge in [0, 0.05) is 23.0 Å². The number of sulfone groups is 1. The molecule has 0 aliphatic heterocycles. The summed E-state index contributed by atoms with van der Waals surface area (Å²) in [6.45, 7) is 2.36. The van der Waals surface area contributed by atoms with E-state index in [2.05, 4.69) is 15.3 Å². The number of fused-ring (bicyclic) bond motifs is 2. The van der Waals surface area contributed by atoms with Crippen molar-refractivity contribution in [3.05, 3.63) is 54.2 Å². The fourth-order valence-corrected chi connectivity index (χ4v) is 4.90. The topological polar surface area (TPSA) is 109 Å². The van der Waals surface area contributed by atoms with Gasteiger partial charge in [0.05, 0.1) is 26.1 Å². The maximum absolute atomic E-state index is 12.9. The van der Waals surface area contributed by atoms with E-state index in [-0.39, 0.29) is 4.90 Å².